The summed E-state index contributed by atoms with van der Waals surface area (Å²) in [7, 11) is 1.65. The number of ether oxygens (including phenoxy) is 2. The maximum Gasteiger partial charge on any atom is 0.293 e. The van der Waals surface area contributed by atoms with Crippen LogP contribution in [0.15, 0.2) is 66.7 Å². The molecule has 8 heteroatoms. The maximum absolute atomic E-state index is 12.9. The zero-order valence-electron chi connectivity index (χ0n) is 16.9. The lowest BCUT2D eigenvalue weighted by molar-refractivity contribution is -0.383. The van der Waals surface area contributed by atoms with Crippen LogP contribution < -0.4 is 14.8 Å². The van der Waals surface area contributed by atoms with Crippen molar-refractivity contribution in [3.63, 3.8) is 0 Å². The van der Waals surface area contributed by atoms with Crippen molar-refractivity contribution in [1.82, 2.24) is 4.90 Å². The highest BCUT2D eigenvalue weighted by atomic mass is 16.6. The fourth-order valence-corrected chi connectivity index (χ4v) is 3.35. The van der Waals surface area contributed by atoms with E-state index in [1.807, 2.05) is 48.5 Å². The molecule has 0 radical (unpaired) electrons. The Kier molecular flexibility index (Phi) is 5.70. The van der Waals surface area contributed by atoms with Gasteiger partial charge < -0.3 is 19.7 Å². The minimum absolute atomic E-state index is 0.164. The topological polar surface area (TPSA) is 93.9 Å². The predicted octanol–water partition coefficient (Wildman–Crippen LogP) is 4.38. The molecule has 1 aliphatic heterocycles. The number of hydrogen-bond donors (Lipinski definition) is 1. The Hall–Kier alpha value is -4.07. The normalized spacial score (nSPS) is 12.2. The van der Waals surface area contributed by atoms with Crippen LogP contribution in [0.25, 0.3) is 0 Å². The highest BCUT2D eigenvalue weighted by molar-refractivity contribution is 5.95. The Bertz CT molecular complexity index is 1120. The van der Waals surface area contributed by atoms with Gasteiger partial charge in [-0.3, -0.25) is 14.9 Å². The molecule has 4 rings (SSSR count). The molecular formula is C23H21N3O5. The second-order valence-corrected chi connectivity index (χ2v) is 7.12. The van der Waals surface area contributed by atoms with E-state index in [0.717, 1.165) is 11.3 Å². The fourth-order valence-electron chi connectivity index (χ4n) is 3.35. The lowest BCUT2D eigenvalue weighted by Crippen LogP contribution is -2.26. The number of hydrogen-bond acceptors (Lipinski definition) is 6. The molecule has 0 aliphatic carbocycles. The molecule has 1 heterocycles. The highest BCUT2D eigenvalue weighted by Crippen LogP contribution is 2.32. The molecule has 0 aromatic heterocycles. The highest BCUT2D eigenvalue weighted by Gasteiger charge is 2.20. The van der Waals surface area contributed by atoms with E-state index in [-0.39, 0.29) is 17.2 Å². The number of rotatable bonds is 6. The summed E-state index contributed by atoms with van der Waals surface area (Å²) in [6.45, 7) is 1.32. The molecule has 0 unspecified atom stereocenters. The van der Waals surface area contributed by atoms with E-state index in [1.54, 1.807) is 19.2 Å². The number of nitrogens with one attached hydrogen (secondary N) is 1. The van der Waals surface area contributed by atoms with Crippen LogP contribution in [0.2, 0.25) is 0 Å². The number of nitro groups is 1. The minimum Gasteiger partial charge on any atom is -0.486 e. The van der Waals surface area contributed by atoms with Crippen molar-refractivity contribution in [2.75, 3.05) is 25.6 Å². The molecule has 0 saturated carbocycles. The van der Waals surface area contributed by atoms with Crippen molar-refractivity contribution in [2.24, 2.45) is 0 Å². The minimum atomic E-state index is -0.497. The van der Waals surface area contributed by atoms with Gasteiger partial charge in [-0.25, -0.2) is 0 Å². The first-order valence-corrected chi connectivity index (χ1v) is 9.76. The summed E-state index contributed by atoms with van der Waals surface area (Å²) >= 11 is 0. The number of nitro benzene ring substituents is 1. The molecule has 1 N–H and O–H groups in total. The number of amides is 1. The SMILES string of the molecule is CN(Cc1ccc2c(c1)OCCO2)C(=O)c1ccc(Nc2ccccc2)c([N+](=O)[O-])c1. The Balaban J connectivity index is 1.52. The fraction of sp³-hybridized carbons (Fsp3) is 0.174. The van der Waals surface area contributed by atoms with E-state index in [9.17, 15) is 14.9 Å². The molecule has 158 valence electrons. The van der Waals surface area contributed by atoms with E-state index in [0.29, 0.717) is 36.9 Å². The van der Waals surface area contributed by atoms with Gasteiger partial charge in [0.1, 0.15) is 18.9 Å². The number of carbonyl (C=O) groups excluding carboxylic acids is 1. The largest absolute Gasteiger partial charge is 0.486 e. The van der Waals surface area contributed by atoms with Gasteiger partial charge in [0.15, 0.2) is 11.5 Å². The summed E-state index contributed by atoms with van der Waals surface area (Å²) in [5, 5.41) is 14.6. The van der Waals surface area contributed by atoms with Gasteiger partial charge in [-0.1, -0.05) is 24.3 Å². The van der Waals surface area contributed by atoms with Gasteiger partial charge in [0, 0.05) is 30.9 Å². The third kappa shape index (κ3) is 4.58. The Morgan fingerprint density at radius 3 is 2.52 bits per heavy atom. The van der Waals surface area contributed by atoms with Gasteiger partial charge in [0.2, 0.25) is 0 Å². The average Bonchev–Trinajstić information content (AvgIpc) is 2.79. The third-order valence-electron chi connectivity index (χ3n) is 4.87. The summed E-state index contributed by atoms with van der Waals surface area (Å²) in [6.07, 6.45) is 0. The quantitative estimate of drug-likeness (QED) is 0.471. The van der Waals surface area contributed by atoms with Crippen LogP contribution in [-0.2, 0) is 6.54 Å². The monoisotopic (exact) mass is 419 g/mol. The molecule has 0 atom stereocenters. The molecule has 0 saturated heterocycles. The Morgan fingerprint density at radius 2 is 1.77 bits per heavy atom. The molecule has 3 aromatic carbocycles. The van der Waals surface area contributed by atoms with E-state index in [1.165, 1.54) is 11.0 Å². The van der Waals surface area contributed by atoms with Gasteiger partial charge in [0.25, 0.3) is 11.6 Å². The molecule has 31 heavy (non-hydrogen) atoms. The van der Waals surface area contributed by atoms with Gasteiger partial charge in [0.05, 0.1) is 4.92 Å². The Morgan fingerprint density at radius 1 is 1.03 bits per heavy atom. The lowest BCUT2D eigenvalue weighted by atomic mass is 10.1. The first-order chi connectivity index (χ1) is 15.0. The lowest BCUT2D eigenvalue weighted by Gasteiger charge is -2.21. The van der Waals surface area contributed by atoms with Crippen LogP contribution in [-0.4, -0.2) is 36.0 Å². The summed E-state index contributed by atoms with van der Waals surface area (Å²) in [6, 6.07) is 19.1. The predicted molar refractivity (Wildman–Crippen MR) is 116 cm³/mol. The van der Waals surface area contributed by atoms with E-state index in [4.69, 9.17) is 9.47 Å². The molecular weight excluding hydrogens is 398 g/mol. The standard InChI is InChI=1S/C23H21N3O5/c1-25(15-16-7-10-21-22(13-16)31-12-11-30-21)23(27)17-8-9-19(20(14-17)26(28)29)24-18-5-3-2-4-6-18/h2-10,13-14,24H,11-12,15H2,1H3. The first kappa shape index (κ1) is 20.2. The molecule has 3 aromatic rings. The van der Waals surface area contributed by atoms with Crippen LogP contribution >= 0.6 is 0 Å². The molecule has 8 nitrogen and oxygen atoms in total. The number of nitrogens with zero attached hydrogens (tertiary/aromatic N) is 2. The van der Waals surface area contributed by atoms with E-state index in [2.05, 4.69) is 5.32 Å². The van der Waals surface area contributed by atoms with Gasteiger partial charge in [-0.05, 0) is 42.0 Å². The smallest absolute Gasteiger partial charge is 0.293 e. The van der Waals surface area contributed by atoms with Crippen LogP contribution in [0.5, 0.6) is 11.5 Å². The summed E-state index contributed by atoms with van der Waals surface area (Å²) in [5.41, 5.74) is 1.99. The second-order valence-electron chi connectivity index (χ2n) is 7.12. The van der Waals surface area contributed by atoms with Crippen molar-refractivity contribution >= 4 is 23.0 Å². The number of fused-ring (bicyclic) bond motifs is 1. The summed E-state index contributed by atoms with van der Waals surface area (Å²) in [5.74, 6) is 1.02. The molecule has 1 amide bonds. The van der Waals surface area contributed by atoms with Crippen LogP contribution in [0.4, 0.5) is 17.1 Å². The molecule has 0 bridgehead atoms. The molecule has 0 fully saturated rings. The summed E-state index contributed by atoms with van der Waals surface area (Å²) in [4.78, 5) is 25.5. The molecule has 0 spiro atoms. The zero-order valence-corrected chi connectivity index (χ0v) is 16.9. The van der Waals surface area contributed by atoms with Crippen molar-refractivity contribution in [1.29, 1.82) is 0 Å². The number of benzene rings is 3. The zero-order chi connectivity index (χ0) is 21.8. The van der Waals surface area contributed by atoms with E-state index >= 15 is 0 Å². The van der Waals surface area contributed by atoms with Gasteiger partial charge in [-0.2, -0.15) is 0 Å². The average molecular weight is 419 g/mol. The van der Waals surface area contributed by atoms with Crippen LogP contribution in [0, 0.1) is 10.1 Å². The van der Waals surface area contributed by atoms with Gasteiger partial charge >= 0.3 is 0 Å². The van der Waals surface area contributed by atoms with Crippen molar-refractivity contribution in [3.8, 4) is 11.5 Å². The van der Waals surface area contributed by atoms with Gasteiger partial charge in [-0.15, -0.1) is 0 Å². The Labute approximate surface area is 179 Å². The maximum atomic E-state index is 12.9. The van der Waals surface area contributed by atoms with Crippen molar-refractivity contribution < 1.29 is 19.2 Å². The second kappa shape index (κ2) is 8.74. The molecule has 1 aliphatic rings. The third-order valence-corrected chi connectivity index (χ3v) is 4.87. The first-order valence-electron chi connectivity index (χ1n) is 9.76. The summed E-state index contributed by atoms with van der Waals surface area (Å²) < 4.78 is 11.1. The van der Waals surface area contributed by atoms with Crippen molar-refractivity contribution in [2.45, 2.75) is 6.54 Å². The number of para-hydroxylation sites is 1. The van der Waals surface area contributed by atoms with Crippen LogP contribution in [0.1, 0.15) is 15.9 Å². The number of carbonyl (C=O) groups is 1. The number of anilines is 2. The van der Waals surface area contributed by atoms with Crippen LogP contribution in [0.3, 0.4) is 0 Å². The van der Waals surface area contributed by atoms with E-state index < -0.39 is 4.92 Å². The van der Waals surface area contributed by atoms with Crippen molar-refractivity contribution in [3.05, 3.63) is 88.0 Å².